The number of carbonyl (C=O) groups excluding carboxylic acids is 1. The second-order valence-corrected chi connectivity index (χ2v) is 6.69. The van der Waals surface area contributed by atoms with Crippen molar-refractivity contribution >= 4 is 16.8 Å². The average Bonchev–Trinajstić information content (AvgIpc) is 3.26. The van der Waals surface area contributed by atoms with Gasteiger partial charge in [0.25, 0.3) is 5.91 Å². The summed E-state index contributed by atoms with van der Waals surface area (Å²) < 4.78 is 5.20. The van der Waals surface area contributed by atoms with Crippen molar-refractivity contribution in [1.29, 1.82) is 0 Å². The molecule has 5 heteroatoms. The zero-order chi connectivity index (χ0) is 16.8. The maximum absolute atomic E-state index is 13.1. The third kappa shape index (κ3) is 2.31. The molecule has 1 N–H and O–H groups in total. The van der Waals surface area contributed by atoms with Crippen molar-refractivity contribution in [2.45, 2.75) is 39.7 Å². The molecule has 1 amide bonds. The van der Waals surface area contributed by atoms with Crippen LogP contribution < -0.4 is 0 Å². The Labute approximate surface area is 140 Å². The van der Waals surface area contributed by atoms with Crippen molar-refractivity contribution in [1.82, 2.24) is 15.0 Å². The molecule has 0 spiro atoms. The van der Waals surface area contributed by atoms with Gasteiger partial charge in [-0.25, -0.2) is 0 Å². The van der Waals surface area contributed by atoms with Gasteiger partial charge >= 0.3 is 0 Å². The van der Waals surface area contributed by atoms with Gasteiger partial charge in [0.05, 0.1) is 6.04 Å². The fourth-order valence-corrected chi connectivity index (χ4v) is 3.66. The number of hydrogen-bond donors (Lipinski definition) is 1. The van der Waals surface area contributed by atoms with Gasteiger partial charge in [-0.1, -0.05) is 16.8 Å². The van der Waals surface area contributed by atoms with Crippen molar-refractivity contribution < 1.29 is 9.32 Å². The van der Waals surface area contributed by atoms with Crippen LogP contribution in [0.25, 0.3) is 10.9 Å². The number of carbonyl (C=O) groups is 1. The van der Waals surface area contributed by atoms with Gasteiger partial charge in [0.15, 0.2) is 0 Å². The van der Waals surface area contributed by atoms with E-state index >= 15 is 0 Å². The number of nitrogens with zero attached hydrogens (tertiary/aromatic N) is 2. The SMILES string of the molecule is Cc1ccc2[nH]c(C(=O)N3CCC[C@H]3c3cc(C)on3)c(C)c2c1. The highest BCUT2D eigenvalue weighted by Crippen LogP contribution is 2.34. The third-order valence-corrected chi connectivity index (χ3v) is 4.93. The van der Waals surface area contributed by atoms with Gasteiger partial charge in [-0.2, -0.15) is 0 Å². The molecule has 124 valence electrons. The van der Waals surface area contributed by atoms with Crippen LogP contribution in [0.1, 0.15) is 52.0 Å². The van der Waals surface area contributed by atoms with Gasteiger partial charge in [-0.05, 0) is 51.3 Å². The molecule has 0 saturated carbocycles. The quantitative estimate of drug-likeness (QED) is 0.773. The minimum absolute atomic E-state index is 0.00231. The van der Waals surface area contributed by atoms with Crippen LogP contribution in [0.2, 0.25) is 0 Å². The lowest BCUT2D eigenvalue weighted by Crippen LogP contribution is -2.31. The number of likely N-dealkylation sites (tertiary alicyclic amines) is 1. The third-order valence-electron chi connectivity index (χ3n) is 4.93. The Morgan fingerprint density at radius 2 is 2.12 bits per heavy atom. The zero-order valence-corrected chi connectivity index (χ0v) is 14.2. The van der Waals surface area contributed by atoms with Crippen LogP contribution in [0.15, 0.2) is 28.8 Å². The van der Waals surface area contributed by atoms with Crippen molar-refractivity contribution in [2.75, 3.05) is 6.54 Å². The van der Waals surface area contributed by atoms with E-state index in [1.54, 1.807) is 0 Å². The predicted octanol–water partition coefficient (Wildman–Crippen LogP) is 4.06. The molecule has 3 heterocycles. The zero-order valence-electron chi connectivity index (χ0n) is 14.2. The van der Waals surface area contributed by atoms with Crippen LogP contribution in [-0.4, -0.2) is 27.5 Å². The lowest BCUT2D eigenvalue weighted by atomic mass is 10.1. The molecular formula is C19H21N3O2. The van der Waals surface area contributed by atoms with Gasteiger partial charge in [-0.15, -0.1) is 0 Å². The van der Waals surface area contributed by atoms with Gasteiger partial charge in [-0.3, -0.25) is 4.79 Å². The van der Waals surface area contributed by atoms with Gasteiger partial charge in [0.2, 0.25) is 0 Å². The fourth-order valence-electron chi connectivity index (χ4n) is 3.66. The topological polar surface area (TPSA) is 62.1 Å². The van der Waals surface area contributed by atoms with E-state index in [0.29, 0.717) is 5.69 Å². The summed E-state index contributed by atoms with van der Waals surface area (Å²) in [5, 5.41) is 5.24. The van der Waals surface area contributed by atoms with Gasteiger partial charge in [0.1, 0.15) is 17.1 Å². The molecule has 3 aromatic rings. The Morgan fingerprint density at radius 1 is 1.29 bits per heavy atom. The summed E-state index contributed by atoms with van der Waals surface area (Å²) >= 11 is 0. The van der Waals surface area contributed by atoms with Crippen molar-refractivity contribution in [3.63, 3.8) is 0 Å². The molecule has 1 aliphatic heterocycles. The highest BCUT2D eigenvalue weighted by molar-refractivity contribution is 6.01. The number of aryl methyl sites for hydroxylation is 3. The molecule has 0 radical (unpaired) electrons. The standard InChI is InChI=1S/C19H21N3O2/c1-11-6-7-15-14(9-11)13(3)18(20-15)19(23)22-8-4-5-17(22)16-10-12(2)24-21-16/h6-7,9-10,17,20H,4-5,8H2,1-3H3/t17-/m0/s1. The first kappa shape index (κ1) is 15.0. The number of nitrogens with one attached hydrogen (secondary N) is 1. The lowest BCUT2D eigenvalue weighted by Gasteiger charge is -2.22. The molecule has 5 nitrogen and oxygen atoms in total. The second kappa shape index (κ2) is 5.51. The van der Waals surface area contributed by atoms with Gasteiger partial charge < -0.3 is 14.4 Å². The lowest BCUT2D eigenvalue weighted by molar-refractivity contribution is 0.0725. The normalized spacial score (nSPS) is 17.8. The van der Waals surface area contributed by atoms with E-state index in [4.69, 9.17) is 4.52 Å². The van der Waals surface area contributed by atoms with E-state index in [2.05, 4.69) is 29.2 Å². The second-order valence-electron chi connectivity index (χ2n) is 6.69. The maximum atomic E-state index is 13.1. The number of benzene rings is 1. The van der Waals surface area contributed by atoms with Crippen molar-refractivity contribution in [2.24, 2.45) is 0 Å². The molecule has 4 rings (SSSR count). The number of rotatable bonds is 2. The van der Waals surface area contributed by atoms with E-state index in [1.165, 1.54) is 5.56 Å². The largest absolute Gasteiger partial charge is 0.361 e. The van der Waals surface area contributed by atoms with E-state index in [0.717, 1.165) is 47.3 Å². The first-order valence-electron chi connectivity index (χ1n) is 8.37. The summed E-state index contributed by atoms with van der Waals surface area (Å²) in [4.78, 5) is 18.4. The molecule has 1 atom stereocenters. The van der Waals surface area contributed by atoms with E-state index < -0.39 is 0 Å². The van der Waals surface area contributed by atoms with E-state index in [1.807, 2.05) is 30.9 Å². The van der Waals surface area contributed by atoms with E-state index in [9.17, 15) is 4.79 Å². The van der Waals surface area contributed by atoms with Crippen LogP contribution in [0, 0.1) is 20.8 Å². The average molecular weight is 323 g/mol. The van der Waals surface area contributed by atoms with Crippen LogP contribution in [0.5, 0.6) is 0 Å². The predicted molar refractivity (Wildman–Crippen MR) is 92.0 cm³/mol. The summed E-state index contributed by atoms with van der Waals surface area (Å²) in [6.07, 6.45) is 1.91. The molecule has 0 aliphatic carbocycles. The molecule has 1 saturated heterocycles. The summed E-state index contributed by atoms with van der Waals surface area (Å²) in [7, 11) is 0. The van der Waals surface area contributed by atoms with Crippen LogP contribution >= 0.6 is 0 Å². The molecule has 1 aromatic carbocycles. The molecule has 2 aromatic heterocycles. The molecule has 24 heavy (non-hydrogen) atoms. The minimum atomic E-state index is 0.00231. The van der Waals surface area contributed by atoms with Crippen molar-refractivity contribution in [3.8, 4) is 0 Å². The molecular weight excluding hydrogens is 302 g/mol. The number of H-pyrrole nitrogens is 1. The number of aromatic nitrogens is 2. The smallest absolute Gasteiger partial charge is 0.271 e. The maximum Gasteiger partial charge on any atom is 0.271 e. The highest BCUT2D eigenvalue weighted by atomic mass is 16.5. The monoisotopic (exact) mass is 323 g/mol. The first-order chi connectivity index (χ1) is 11.5. The van der Waals surface area contributed by atoms with Crippen LogP contribution in [-0.2, 0) is 0 Å². The molecule has 0 bridgehead atoms. The Bertz CT molecular complexity index is 922. The highest BCUT2D eigenvalue weighted by Gasteiger charge is 2.34. The Kier molecular flexibility index (Phi) is 3.44. The van der Waals surface area contributed by atoms with Crippen molar-refractivity contribution in [3.05, 3.63) is 52.5 Å². The fraction of sp³-hybridized carbons (Fsp3) is 0.368. The number of fused-ring (bicyclic) bond motifs is 1. The summed E-state index contributed by atoms with van der Waals surface area (Å²) in [5.41, 5.74) is 4.75. The summed E-state index contributed by atoms with van der Waals surface area (Å²) in [6.45, 7) is 6.71. The minimum Gasteiger partial charge on any atom is -0.361 e. The number of amides is 1. The van der Waals surface area contributed by atoms with Crippen LogP contribution in [0.3, 0.4) is 0 Å². The Morgan fingerprint density at radius 3 is 2.88 bits per heavy atom. The Hall–Kier alpha value is -2.56. The number of aromatic amines is 1. The Balaban J connectivity index is 1.71. The summed E-state index contributed by atoms with van der Waals surface area (Å²) in [6, 6.07) is 8.15. The molecule has 1 aliphatic rings. The molecule has 0 unspecified atom stereocenters. The van der Waals surface area contributed by atoms with Gasteiger partial charge in [0, 0.05) is 23.5 Å². The van der Waals surface area contributed by atoms with E-state index in [-0.39, 0.29) is 11.9 Å². The molecule has 1 fully saturated rings. The first-order valence-corrected chi connectivity index (χ1v) is 8.37. The van der Waals surface area contributed by atoms with Crippen LogP contribution in [0.4, 0.5) is 0 Å². The summed E-state index contributed by atoms with van der Waals surface area (Å²) in [5.74, 6) is 0.825. The number of hydrogen-bond acceptors (Lipinski definition) is 3.